The van der Waals surface area contributed by atoms with Crippen LogP contribution in [0.5, 0.6) is 5.75 Å². The number of aliphatic hydroxyl groups is 1. The van der Waals surface area contributed by atoms with Crippen molar-refractivity contribution in [2.75, 3.05) is 0 Å². The molecule has 0 unspecified atom stereocenters. The Balaban J connectivity index is 3.13. The van der Waals surface area contributed by atoms with Gasteiger partial charge in [-0.05, 0) is 26.0 Å². The molecule has 0 bridgehead atoms. The summed E-state index contributed by atoms with van der Waals surface area (Å²) in [7, 11) is 0. The zero-order chi connectivity index (χ0) is 8.43. The van der Waals surface area contributed by atoms with Crippen molar-refractivity contribution >= 4 is 0 Å². The lowest BCUT2D eigenvalue weighted by molar-refractivity contribution is 0.195. The summed E-state index contributed by atoms with van der Waals surface area (Å²) in [6.45, 7) is 3.56. The van der Waals surface area contributed by atoms with Gasteiger partial charge in [0.05, 0.1) is 6.10 Å². The van der Waals surface area contributed by atoms with Gasteiger partial charge in [-0.15, -0.1) is 0 Å². The summed E-state index contributed by atoms with van der Waals surface area (Å²) in [5.74, 6) is 0.158. The van der Waals surface area contributed by atoms with Crippen LogP contribution in [0.1, 0.15) is 24.2 Å². The lowest BCUT2D eigenvalue weighted by Gasteiger charge is -2.07. The molecule has 0 radical (unpaired) electrons. The molecule has 2 N–H and O–H groups in total. The fourth-order valence-electron chi connectivity index (χ4n) is 1.01. The number of aryl methyl sites for hydroxylation is 1. The van der Waals surface area contributed by atoms with Crippen LogP contribution in [0.4, 0.5) is 0 Å². The summed E-state index contributed by atoms with van der Waals surface area (Å²) in [4.78, 5) is 0. The van der Waals surface area contributed by atoms with Gasteiger partial charge in [-0.25, -0.2) is 0 Å². The first-order valence-corrected chi connectivity index (χ1v) is 3.59. The standard InChI is InChI=1S/C9H12O2/c1-6-3-4-9(11)8(5-6)7(2)10/h3-5,7,10-11H,1-2H3/t7-/m0/s1. The summed E-state index contributed by atoms with van der Waals surface area (Å²) >= 11 is 0. The molecule has 0 aliphatic carbocycles. The van der Waals surface area contributed by atoms with Gasteiger partial charge in [0.2, 0.25) is 0 Å². The van der Waals surface area contributed by atoms with E-state index in [2.05, 4.69) is 0 Å². The Bertz CT molecular complexity index is 254. The van der Waals surface area contributed by atoms with Crippen LogP contribution < -0.4 is 0 Å². The highest BCUT2D eigenvalue weighted by Gasteiger charge is 2.05. The van der Waals surface area contributed by atoms with Crippen molar-refractivity contribution in [2.45, 2.75) is 20.0 Å². The molecule has 60 valence electrons. The van der Waals surface area contributed by atoms with Crippen LogP contribution in [0.15, 0.2) is 18.2 Å². The number of aromatic hydroxyl groups is 1. The molecule has 11 heavy (non-hydrogen) atoms. The van der Waals surface area contributed by atoms with Crippen LogP contribution in [-0.4, -0.2) is 10.2 Å². The first kappa shape index (κ1) is 8.08. The van der Waals surface area contributed by atoms with Crippen LogP contribution >= 0.6 is 0 Å². The first-order valence-electron chi connectivity index (χ1n) is 3.59. The van der Waals surface area contributed by atoms with E-state index in [1.807, 2.05) is 6.92 Å². The number of hydrogen-bond donors (Lipinski definition) is 2. The molecule has 1 aromatic carbocycles. The molecule has 1 atom stereocenters. The molecule has 1 rings (SSSR count). The maximum atomic E-state index is 9.25. The quantitative estimate of drug-likeness (QED) is 0.643. The van der Waals surface area contributed by atoms with Gasteiger partial charge < -0.3 is 10.2 Å². The van der Waals surface area contributed by atoms with Crippen molar-refractivity contribution in [1.29, 1.82) is 0 Å². The molecule has 2 heteroatoms. The van der Waals surface area contributed by atoms with Crippen molar-refractivity contribution in [3.63, 3.8) is 0 Å². The summed E-state index contributed by atoms with van der Waals surface area (Å²) in [5.41, 5.74) is 1.63. The second-order valence-corrected chi connectivity index (χ2v) is 2.74. The number of phenols is 1. The van der Waals surface area contributed by atoms with Crippen LogP contribution in [0.25, 0.3) is 0 Å². The third-order valence-electron chi connectivity index (χ3n) is 1.63. The Kier molecular flexibility index (Phi) is 2.15. The van der Waals surface area contributed by atoms with Crippen molar-refractivity contribution in [3.8, 4) is 5.75 Å². The molecule has 0 amide bonds. The van der Waals surface area contributed by atoms with Gasteiger partial charge in [0, 0.05) is 5.56 Å². The van der Waals surface area contributed by atoms with Crippen LogP contribution in [0.3, 0.4) is 0 Å². The Labute approximate surface area is 66.1 Å². The Morgan fingerprint density at radius 2 is 2.00 bits per heavy atom. The second-order valence-electron chi connectivity index (χ2n) is 2.74. The van der Waals surface area contributed by atoms with Gasteiger partial charge in [0.1, 0.15) is 5.75 Å². The highest BCUT2D eigenvalue weighted by Crippen LogP contribution is 2.24. The third-order valence-corrected chi connectivity index (χ3v) is 1.63. The van der Waals surface area contributed by atoms with Gasteiger partial charge in [-0.1, -0.05) is 11.6 Å². The van der Waals surface area contributed by atoms with E-state index >= 15 is 0 Å². The van der Waals surface area contributed by atoms with Crippen molar-refractivity contribution in [3.05, 3.63) is 29.3 Å². The average molecular weight is 152 g/mol. The third kappa shape index (κ3) is 1.71. The molecule has 2 nitrogen and oxygen atoms in total. The summed E-state index contributed by atoms with van der Waals surface area (Å²) < 4.78 is 0. The topological polar surface area (TPSA) is 40.5 Å². The van der Waals surface area contributed by atoms with Gasteiger partial charge >= 0.3 is 0 Å². The molecule has 0 aromatic heterocycles. The van der Waals surface area contributed by atoms with E-state index in [9.17, 15) is 5.11 Å². The fourth-order valence-corrected chi connectivity index (χ4v) is 1.01. The molecule has 0 heterocycles. The zero-order valence-corrected chi connectivity index (χ0v) is 6.70. The average Bonchev–Trinajstić information content (AvgIpc) is 1.94. The Hall–Kier alpha value is -1.02. The molecule has 0 fully saturated rings. The summed E-state index contributed by atoms with van der Waals surface area (Å²) in [6.07, 6.45) is -0.602. The minimum absolute atomic E-state index is 0.158. The SMILES string of the molecule is Cc1ccc(O)c([C@H](C)O)c1. The minimum atomic E-state index is -0.602. The van der Waals surface area contributed by atoms with E-state index in [-0.39, 0.29) is 5.75 Å². The summed E-state index contributed by atoms with van der Waals surface area (Å²) in [6, 6.07) is 5.18. The number of hydrogen-bond acceptors (Lipinski definition) is 2. The predicted molar refractivity (Wildman–Crippen MR) is 43.5 cm³/mol. The molecular formula is C9H12O2. The maximum absolute atomic E-state index is 9.25. The molecule has 0 saturated heterocycles. The first-order chi connectivity index (χ1) is 5.11. The lowest BCUT2D eigenvalue weighted by Crippen LogP contribution is -1.91. The zero-order valence-electron chi connectivity index (χ0n) is 6.70. The second kappa shape index (κ2) is 2.93. The highest BCUT2D eigenvalue weighted by atomic mass is 16.3. The molecule has 0 aliphatic heterocycles. The van der Waals surface area contributed by atoms with Gasteiger partial charge in [-0.3, -0.25) is 0 Å². The number of aliphatic hydroxyl groups excluding tert-OH is 1. The van der Waals surface area contributed by atoms with E-state index in [1.165, 1.54) is 0 Å². The van der Waals surface area contributed by atoms with Crippen LogP contribution in [0, 0.1) is 6.92 Å². The Morgan fingerprint density at radius 1 is 1.36 bits per heavy atom. The molecule has 0 aliphatic rings. The van der Waals surface area contributed by atoms with Gasteiger partial charge in [-0.2, -0.15) is 0 Å². The molecular weight excluding hydrogens is 140 g/mol. The normalized spacial score (nSPS) is 13.0. The van der Waals surface area contributed by atoms with Crippen molar-refractivity contribution in [2.24, 2.45) is 0 Å². The number of rotatable bonds is 1. The Morgan fingerprint density at radius 3 is 2.45 bits per heavy atom. The van der Waals surface area contributed by atoms with Crippen molar-refractivity contribution in [1.82, 2.24) is 0 Å². The van der Waals surface area contributed by atoms with E-state index in [4.69, 9.17) is 5.11 Å². The maximum Gasteiger partial charge on any atom is 0.121 e. The highest BCUT2D eigenvalue weighted by molar-refractivity contribution is 5.36. The van der Waals surface area contributed by atoms with E-state index < -0.39 is 6.10 Å². The van der Waals surface area contributed by atoms with Gasteiger partial charge in [0.15, 0.2) is 0 Å². The fraction of sp³-hybridized carbons (Fsp3) is 0.333. The predicted octanol–water partition coefficient (Wildman–Crippen LogP) is 1.75. The number of phenolic OH excluding ortho intramolecular Hbond substituents is 1. The lowest BCUT2D eigenvalue weighted by atomic mass is 10.1. The summed E-state index contributed by atoms with van der Waals surface area (Å²) in [5, 5.41) is 18.4. The molecule has 0 saturated carbocycles. The minimum Gasteiger partial charge on any atom is -0.508 e. The van der Waals surface area contributed by atoms with Crippen molar-refractivity contribution < 1.29 is 10.2 Å². The largest absolute Gasteiger partial charge is 0.508 e. The number of benzene rings is 1. The van der Waals surface area contributed by atoms with E-state index in [0.717, 1.165) is 5.56 Å². The van der Waals surface area contributed by atoms with Gasteiger partial charge in [0.25, 0.3) is 0 Å². The van der Waals surface area contributed by atoms with Crippen LogP contribution in [0.2, 0.25) is 0 Å². The van der Waals surface area contributed by atoms with E-state index in [1.54, 1.807) is 25.1 Å². The molecule has 1 aromatic rings. The molecule has 0 spiro atoms. The van der Waals surface area contributed by atoms with E-state index in [0.29, 0.717) is 5.56 Å². The smallest absolute Gasteiger partial charge is 0.121 e. The monoisotopic (exact) mass is 152 g/mol. The van der Waals surface area contributed by atoms with Crippen LogP contribution in [-0.2, 0) is 0 Å².